The number of carbonyl (C=O) groups is 4. The van der Waals surface area contributed by atoms with Gasteiger partial charge in [-0.2, -0.15) is 0 Å². The number of esters is 1. The molecule has 2 saturated heterocycles. The summed E-state index contributed by atoms with van der Waals surface area (Å²) < 4.78 is 12.9. The van der Waals surface area contributed by atoms with Gasteiger partial charge in [0.25, 0.3) is 0 Å². The molecule has 0 aromatic heterocycles. The van der Waals surface area contributed by atoms with Gasteiger partial charge in [0.05, 0.1) is 30.7 Å². The largest absolute Gasteiger partial charge is 0.455 e. The first-order valence-corrected chi connectivity index (χ1v) is 17.9. The van der Waals surface area contributed by atoms with Crippen molar-refractivity contribution in [2.75, 3.05) is 13.2 Å². The van der Waals surface area contributed by atoms with E-state index >= 15 is 4.79 Å². The lowest BCUT2D eigenvalue weighted by molar-refractivity contribution is -0.162. The summed E-state index contributed by atoms with van der Waals surface area (Å²) in [5.41, 5.74) is -1.49. The van der Waals surface area contributed by atoms with Crippen LogP contribution < -0.4 is 5.32 Å². The summed E-state index contributed by atoms with van der Waals surface area (Å²) in [5, 5.41) is 13.8. The number of rotatable bonds is 7. The standard InChI is InChI=1S/C39H55N3O7/c1-9-24(2)27(22-43)42-33-35(46)41(38(7,8)23-37(4,5)6)21-15-11-14-18-29(44)40-25(3)32(26-16-12-10-13-17-26)48-36(47)30-28-19-20-39(33,49-28)31(30)34(42)45/h10-13,15-17,19-20,24-25,27-28,30-33,43H,9,14,18,21-23H2,1-8H3,(H,40,44)/b15-11-/t24-,25-,27-,28+,30-,31-,32+,33+,39-/m0/s1. The summed E-state index contributed by atoms with van der Waals surface area (Å²) in [6, 6.07) is 6.89. The Morgan fingerprint density at radius 1 is 1.04 bits per heavy atom. The van der Waals surface area contributed by atoms with E-state index in [4.69, 9.17) is 9.47 Å². The molecule has 4 aliphatic heterocycles. The normalized spacial score (nSPS) is 32.9. The zero-order valence-corrected chi connectivity index (χ0v) is 30.3. The van der Waals surface area contributed by atoms with Crippen molar-refractivity contribution < 1.29 is 33.8 Å². The lowest BCUT2D eigenvalue weighted by Gasteiger charge is -2.46. The Morgan fingerprint density at radius 2 is 1.73 bits per heavy atom. The van der Waals surface area contributed by atoms with Gasteiger partial charge in [0.2, 0.25) is 17.7 Å². The number of likely N-dealkylation sites (tertiary alicyclic amines) is 1. The van der Waals surface area contributed by atoms with Gasteiger partial charge >= 0.3 is 5.97 Å². The summed E-state index contributed by atoms with van der Waals surface area (Å²) in [5.74, 6) is -3.68. The summed E-state index contributed by atoms with van der Waals surface area (Å²) in [6.45, 7) is 16.1. The van der Waals surface area contributed by atoms with E-state index < -0.39 is 65.2 Å². The van der Waals surface area contributed by atoms with Crippen molar-refractivity contribution >= 4 is 23.7 Å². The van der Waals surface area contributed by atoms with Gasteiger partial charge in [-0.1, -0.05) is 95.7 Å². The van der Waals surface area contributed by atoms with Crippen LogP contribution in [0, 0.1) is 23.2 Å². The second kappa shape index (κ2) is 14.0. The number of allylic oxidation sites excluding steroid dienone is 1. The molecule has 0 saturated carbocycles. The minimum atomic E-state index is -1.42. The summed E-state index contributed by atoms with van der Waals surface area (Å²) in [6.07, 6.45) is 7.81. The van der Waals surface area contributed by atoms with Crippen LogP contribution in [-0.4, -0.2) is 87.1 Å². The van der Waals surface area contributed by atoms with Gasteiger partial charge < -0.3 is 29.7 Å². The van der Waals surface area contributed by atoms with Crippen LogP contribution >= 0.6 is 0 Å². The fourth-order valence-electron chi connectivity index (χ4n) is 8.72. The lowest BCUT2D eigenvalue weighted by atomic mass is 9.74. The molecule has 4 heterocycles. The molecule has 49 heavy (non-hydrogen) atoms. The number of carbonyl (C=O) groups excluding carboxylic acids is 4. The molecule has 5 bridgehead atoms. The smallest absolute Gasteiger partial charge is 0.313 e. The van der Waals surface area contributed by atoms with Crippen molar-refractivity contribution in [2.24, 2.45) is 23.2 Å². The maximum atomic E-state index is 15.3. The van der Waals surface area contributed by atoms with Crippen LogP contribution in [0.15, 0.2) is 54.6 Å². The summed E-state index contributed by atoms with van der Waals surface area (Å²) >= 11 is 0. The van der Waals surface area contributed by atoms with Crippen molar-refractivity contribution in [3.8, 4) is 0 Å². The van der Waals surface area contributed by atoms with Gasteiger partial charge in [-0.3, -0.25) is 19.2 Å². The first kappa shape index (κ1) is 36.8. The average Bonchev–Trinajstić information content (AvgIpc) is 3.67. The highest BCUT2D eigenvalue weighted by Crippen LogP contribution is 2.57. The third-order valence-electron chi connectivity index (χ3n) is 10.8. The summed E-state index contributed by atoms with van der Waals surface area (Å²) in [4.78, 5) is 60.9. The number of benzene rings is 1. The van der Waals surface area contributed by atoms with Crippen molar-refractivity contribution in [1.82, 2.24) is 15.1 Å². The Labute approximate surface area is 291 Å². The van der Waals surface area contributed by atoms with E-state index in [1.807, 2.05) is 75.1 Å². The molecule has 9 atom stereocenters. The van der Waals surface area contributed by atoms with E-state index in [0.29, 0.717) is 24.8 Å². The molecule has 268 valence electrons. The van der Waals surface area contributed by atoms with Crippen molar-refractivity contribution in [3.05, 3.63) is 60.2 Å². The zero-order chi connectivity index (χ0) is 35.9. The molecule has 5 rings (SSSR count). The second-order valence-corrected chi connectivity index (χ2v) is 16.2. The molecule has 3 amide bonds. The predicted molar refractivity (Wildman–Crippen MR) is 186 cm³/mol. The van der Waals surface area contributed by atoms with Crippen LogP contribution in [0.2, 0.25) is 0 Å². The highest BCUT2D eigenvalue weighted by molar-refractivity contribution is 5.99. The number of amides is 3. The number of aliphatic hydroxyl groups excluding tert-OH is 1. The van der Waals surface area contributed by atoms with Gasteiger partial charge in [-0.15, -0.1) is 0 Å². The van der Waals surface area contributed by atoms with Crippen LogP contribution in [0.4, 0.5) is 0 Å². The SMILES string of the molecule is CC[C@H](C)[C@H](CO)N1C(=O)[C@@H]2[C@H]3C(=O)O[C@@H](c4ccccc4)[C@H](C)NC(=O)CC/C=C\CN(C(C)(C)CC(C)(C)C)C(=O)[C@@H]1[C@]21C=C[C@H]3O1. The fraction of sp³-hybridized carbons (Fsp3) is 0.641. The van der Waals surface area contributed by atoms with Gasteiger partial charge in [0.15, 0.2) is 0 Å². The number of hydrogen-bond acceptors (Lipinski definition) is 7. The quantitative estimate of drug-likeness (QED) is 0.316. The molecule has 0 radical (unpaired) electrons. The molecule has 10 nitrogen and oxygen atoms in total. The number of aliphatic hydroxyl groups is 1. The van der Waals surface area contributed by atoms with Crippen LogP contribution in [0.5, 0.6) is 0 Å². The van der Waals surface area contributed by atoms with Gasteiger partial charge in [-0.05, 0) is 50.5 Å². The third kappa shape index (κ3) is 6.96. The van der Waals surface area contributed by atoms with E-state index in [9.17, 15) is 19.5 Å². The topological polar surface area (TPSA) is 125 Å². The Balaban J connectivity index is 1.66. The zero-order valence-electron chi connectivity index (χ0n) is 30.3. The molecule has 2 fully saturated rings. The molecular weight excluding hydrogens is 622 g/mol. The van der Waals surface area contributed by atoms with E-state index in [2.05, 4.69) is 26.1 Å². The Morgan fingerprint density at radius 3 is 2.37 bits per heavy atom. The number of fused-ring (bicyclic) bond motifs is 2. The number of hydrogen-bond donors (Lipinski definition) is 2. The van der Waals surface area contributed by atoms with E-state index in [1.165, 1.54) is 4.90 Å². The second-order valence-electron chi connectivity index (χ2n) is 16.2. The van der Waals surface area contributed by atoms with Crippen LogP contribution in [0.1, 0.15) is 92.7 Å². The molecule has 2 N–H and O–H groups in total. The van der Waals surface area contributed by atoms with E-state index in [-0.39, 0.29) is 42.7 Å². The predicted octanol–water partition coefficient (Wildman–Crippen LogP) is 4.73. The Bertz CT molecular complexity index is 1470. The monoisotopic (exact) mass is 677 g/mol. The number of cyclic esters (lactones) is 1. The van der Waals surface area contributed by atoms with Crippen molar-refractivity contribution in [1.29, 1.82) is 0 Å². The molecular formula is C39H55N3O7. The van der Waals surface area contributed by atoms with Gasteiger partial charge in [0, 0.05) is 18.5 Å². The summed E-state index contributed by atoms with van der Waals surface area (Å²) in [7, 11) is 0. The molecule has 4 aliphatic rings. The van der Waals surface area contributed by atoms with Crippen molar-refractivity contribution in [2.45, 2.75) is 123 Å². The number of nitrogens with one attached hydrogen (secondary N) is 1. The first-order chi connectivity index (χ1) is 23.1. The number of nitrogens with zero attached hydrogens (tertiary/aromatic N) is 2. The minimum absolute atomic E-state index is 0.126. The third-order valence-corrected chi connectivity index (χ3v) is 10.8. The van der Waals surface area contributed by atoms with Crippen LogP contribution in [0.3, 0.4) is 0 Å². The fourth-order valence-corrected chi connectivity index (χ4v) is 8.72. The molecule has 0 unspecified atom stereocenters. The first-order valence-electron chi connectivity index (χ1n) is 17.9. The highest BCUT2D eigenvalue weighted by Gasteiger charge is 2.74. The highest BCUT2D eigenvalue weighted by atomic mass is 16.6. The molecule has 1 aromatic rings. The van der Waals surface area contributed by atoms with Gasteiger partial charge in [-0.25, -0.2) is 0 Å². The molecule has 0 aliphatic carbocycles. The van der Waals surface area contributed by atoms with Crippen molar-refractivity contribution in [3.63, 3.8) is 0 Å². The average molecular weight is 678 g/mol. The molecule has 1 aromatic carbocycles. The maximum Gasteiger partial charge on any atom is 0.313 e. The minimum Gasteiger partial charge on any atom is -0.455 e. The molecule has 10 heteroatoms. The maximum absolute atomic E-state index is 15.3. The lowest BCUT2D eigenvalue weighted by Crippen LogP contribution is -2.63. The van der Waals surface area contributed by atoms with Crippen LogP contribution in [0.25, 0.3) is 0 Å². The Kier molecular flexibility index (Phi) is 10.5. The number of ether oxygens (including phenoxy) is 2. The van der Waals surface area contributed by atoms with E-state index in [1.54, 1.807) is 19.1 Å². The van der Waals surface area contributed by atoms with Crippen LogP contribution in [-0.2, 0) is 28.7 Å². The van der Waals surface area contributed by atoms with Gasteiger partial charge in [0.1, 0.15) is 23.7 Å². The molecule has 1 spiro atoms. The Hall–Kier alpha value is -3.50. The van der Waals surface area contributed by atoms with E-state index in [0.717, 1.165) is 0 Å².